The third kappa shape index (κ3) is 2.23. The molecule has 82 valence electrons. The quantitative estimate of drug-likeness (QED) is 0.688. The molecular weight excluding hydrogens is 212 g/mol. The maximum atomic E-state index is 11.3. The maximum absolute atomic E-state index is 11.3. The lowest BCUT2D eigenvalue weighted by molar-refractivity contribution is -0.116. The lowest BCUT2D eigenvalue weighted by Crippen LogP contribution is -2.33. The normalized spacial score (nSPS) is 14.1. The van der Waals surface area contributed by atoms with Crippen LogP contribution >= 0.6 is 12.4 Å². The van der Waals surface area contributed by atoms with Crippen molar-refractivity contribution in [2.75, 3.05) is 17.2 Å². The number of nitrogen functional groups attached to an aromatic ring is 1. The van der Waals surface area contributed by atoms with Gasteiger partial charge in [0.2, 0.25) is 5.91 Å². The largest absolute Gasteiger partial charge is 0.399 e. The third-order valence-electron chi connectivity index (χ3n) is 2.60. The molecule has 1 aliphatic rings. The number of nitrogens with two attached hydrogens (primary N) is 1. The van der Waals surface area contributed by atoms with Gasteiger partial charge in [0.1, 0.15) is 0 Å². The second-order valence-corrected chi connectivity index (χ2v) is 3.66. The average Bonchev–Trinajstić information content (AvgIpc) is 2.16. The number of hydrogen-bond acceptors (Lipinski definition) is 2. The summed E-state index contributed by atoms with van der Waals surface area (Å²) < 4.78 is 0. The van der Waals surface area contributed by atoms with Crippen LogP contribution in [0, 0.1) is 0 Å². The van der Waals surface area contributed by atoms with Crippen molar-refractivity contribution in [2.24, 2.45) is 0 Å². The van der Waals surface area contributed by atoms with Gasteiger partial charge < -0.3 is 10.6 Å². The van der Waals surface area contributed by atoms with Gasteiger partial charge in [0.05, 0.1) is 0 Å². The van der Waals surface area contributed by atoms with E-state index in [2.05, 4.69) is 0 Å². The van der Waals surface area contributed by atoms with Crippen LogP contribution in [0.15, 0.2) is 18.2 Å². The first-order valence-corrected chi connectivity index (χ1v) is 4.85. The van der Waals surface area contributed by atoms with Crippen molar-refractivity contribution in [2.45, 2.75) is 19.8 Å². The third-order valence-corrected chi connectivity index (χ3v) is 2.60. The molecule has 3 nitrogen and oxygen atoms in total. The molecule has 4 heteroatoms. The molecule has 1 amide bonds. The molecule has 2 N–H and O–H groups in total. The summed E-state index contributed by atoms with van der Waals surface area (Å²) in [6.45, 7) is 2.43. The molecule has 0 bridgehead atoms. The highest BCUT2D eigenvalue weighted by molar-refractivity contribution is 5.93. The van der Waals surface area contributed by atoms with Gasteiger partial charge in [0.15, 0.2) is 0 Å². The van der Waals surface area contributed by atoms with E-state index in [1.807, 2.05) is 23.1 Å². The molecule has 2 rings (SSSR count). The van der Waals surface area contributed by atoms with Crippen LogP contribution in [0.3, 0.4) is 0 Å². The zero-order chi connectivity index (χ0) is 10.1. The molecule has 0 saturated heterocycles. The second-order valence-electron chi connectivity index (χ2n) is 3.66. The number of carbonyl (C=O) groups is 1. The minimum Gasteiger partial charge on any atom is -0.399 e. The van der Waals surface area contributed by atoms with E-state index in [0.717, 1.165) is 30.8 Å². The zero-order valence-corrected chi connectivity index (χ0v) is 9.51. The summed E-state index contributed by atoms with van der Waals surface area (Å²) in [5, 5.41) is 0. The van der Waals surface area contributed by atoms with Crippen molar-refractivity contribution in [3.05, 3.63) is 23.8 Å². The number of amides is 1. The van der Waals surface area contributed by atoms with E-state index in [0.29, 0.717) is 0 Å². The molecule has 0 saturated carbocycles. The SMILES string of the molecule is CC(=O)N1CCCc2cc(N)ccc21.Cl. The zero-order valence-electron chi connectivity index (χ0n) is 8.69. The molecule has 1 aromatic rings. The smallest absolute Gasteiger partial charge is 0.223 e. The van der Waals surface area contributed by atoms with E-state index in [1.54, 1.807) is 6.92 Å². The van der Waals surface area contributed by atoms with Crippen molar-refractivity contribution >= 4 is 29.7 Å². The van der Waals surface area contributed by atoms with Crippen LogP contribution in [0.2, 0.25) is 0 Å². The topological polar surface area (TPSA) is 46.3 Å². The van der Waals surface area contributed by atoms with Crippen LogP contribution in [0.1, 0.15) is 18.9 Å². The number of rotatable bonds is 0. The molecule has 0 radical (unpaired) electrons. The summed E-state index contributed by atoms with van der Waals surface area (Å²) >= 11 is 0. The number of aryl methyl sites for hydroxylation is 1. The van der Waals surface area contributed by atoms with Crippen LogP contribution in [-0.4, -0.2) is 12.5 Å². The Hall–Kier alpha value is -1.22. The van der Waals surface area contributed by atoms with E-state index in [4.69, 9.17) is 5.73 Å². The molecule has 0 aromatic heterocycles. The second kappa shape index (κ2) is 4.53. The predicted molar refractivity (Wildman–Crippen MR) is 64.5 cm³/mol. The molecule has 0 atom stereocenters. The number of benzene rings is 1. The van der Waals surface area contributed by atoms with Gasteiger partial charge in [-0.15, -0.1) is 12.4 Å². The van der Waals surface area contributed by atoms with E-state index >= 15 is 0 Å². The number of halogens is 1. The summed E-state index contributed by atoms with van der Waals surface area (Å²) in [6, 6.07) is 5.75. The Morgan fingerprint density at radius 1 is 1.47 bits per heavy atom. The predicted octanol–water partition coefficient (Wildman–Crippen LogP) is 1.99. The minimum absolute atomic E-state index is 0. The molecule has 15 heavy (non-hydrogen) atoms. The molecular formula is C11H15ClN2O. The van der Waals surface area contributed by atoms with E-state index < -0.39 is 0 Å². The maximum Gasteiger partial charge on any atom is 0.223 e. The van der Waals surface area contributed by atoms with Gasteiger partial charge in [0, 0.05) is 24.8 Å². The number of fused-ring (bicyclic) bond motifs is 1. The Balaban J connectivity index is 0.00000112. The fourth-order valence-electron chi connectivity index (χ4n) is 1.94. The Bertz CT molecular complexity index is 379. The highest BCUT2D eigenvalue weighted by Gasteiger charge is 2.19. The summed E-state index contributed by atoms with van der Waals surface area (Å²) in [6.07, 6.45) is 2.04. The summed E-state index contributed by atoms with van der Waals surface area (Å²) in [7, 11) is 0. The van der Waals surface area contributed by atoms with Gasteiger partial charge in [0.25, 0.3) is 0 Å². The first kappa shape index (κ1) is 11.9. The van der Waals surface area contributed by atoms with Gasteiger partial charge in [-0.2, -0.15) is 0 Å². The van der Waals surface area contributed by atoms with Crippen LogP contribution in [-0.2, 0) is 11.2 Å². The Morgan fingerprint density at radius 3 is 2.87 bits per heavy atom. The molecule has 1 aromatic carbocycles. The monoisotopic (exact) mass is 226 g/mol. The first-order chi connectivity index (χ1) is 6.68. The average molecular weight is 227 g/mol. The Labute approximate surface area is 95.7 Å². The number of carbonyl (C=O) groups excluding carboxylic acids is 1. The van der Waals surface area contributed by atoms with Crippen LogP contribution in [0.5, 0.6) is 0 Å². The Kier molecular flexibility index (Phi) is 3.58. The van der Waals surface area contributed by atoms with Crippen molar-refractivity contribution in [3.63, 3.8) is 0 Å². The van der Waals surface area contributed by atoms with Crippen molar-refractivity contribution in [3.8, 4) is 0 Å². The van der Waals surface area contributed by atoms with Gasteiger partial charge in [-0.05, 0) is 36.6 Å². The molecule has 0 unspecified atom stereocenters. The van der Waals surface area contributed by atoms with E-state index in [9.17, 15) is 4.79 Å². The van der Waals surface area contributed by atoms with Crippen molar-refractivity contribution in [1.29, 1.82) is 0 Å². The van der Waals surface area contributed by atoms with E-state index in [1.165, 1.54) is 5.56 Å². The lowest BCUT2D eigenvalue weighted by atomic mass is 10.0. The molecule has 0 aliphatic carbocycles. The van der Waals surface area contributed by atoms with Gasteiger partial charge in [-0.25, -0.2) is 0 Å². The molecule has 0 spiro atoms. The Morgan fingerprint density at radius 2 is 2.20 bits per heavy atom. The lowest BCUT2D eigenvalue weighted by Gasteiger charge is -2.28. The standard InChI is InChI=1S/C11H14N2O.ClH/c1-8(14)13-6-2-3-9-7-10(12)4-5-11(9)13;/h4-5,7H,2-3,6,12H2,1H3;1H. The molecule has 1 heterocycles. The molecule has 1 aliphatic heterocycles. The summed E-state index contributed by atoms with van der Waals surface area (Å²) in [5.41, 5.74) is 8.68. The fourth-order valence-corrected chi connectivity index (χ4v) is 1.94. The number of hydrogen-bond donors (Lipinski definition) is 1. The number of anilines is 2. The van der Waals surface area contributed by atoms with Crippen molar-refractivity contribution < 1.29 is 4.79 Å². The van der Waals surface area contributed by atoms with Gasteiger partial charge >= 0.3 is 0 Å². The minimum atomic E-state index is 0. The van der Waals surface area contributed by atoms with E-state index in [-0.39, 0.29) is 18.3 Å². The molecule has 0 fully saturated rings. The van der Waals surface area contributed by atoms with Crippen LogP contribution in [0.25, 0.3) is 0 Å². The van der Waals surface area contributed by atoms with Crippen LogP contribution in [0.4, 0.5) is 11.4 Å². The fraction of sp³-hybridized carbons (Fsp3) is 0.364. The summed E-state index contributed by atoms with van der Waals surface area (Å²) in [4.78, 5) is 13.2. The first-order valence-electron chi connectivity index (χ1n) is 4.85. The van der Waals surface area contributed by atoms with Crippen LogP contribution < -0.4 is 10.6 Å². The van der Waals surface area contributed by atoms with Gasteiger partial charge in [-0.3, -0.25) is 4.79 Å². The van der Waals surface area contributed by atoms with Gasteiger partial charge in [-0.1, -0.05) is 0 Å². The highest BCUT2D eigenvalue weighted by atomic mass is 35.5. The highest BCUT2D eigenvalue weighted by Crippen LogP contribution is 2.28. The van der Waals surface area contributed by atoms with Crippen molar-refractivity contribution in [1.82, 2.24) is 0 Å². The number of nitrogens with zero attached hydrogens (tertiary/aromatic N) is 1. The summed E-state index contributed by atoms with van der Waals surface area (Å²) in [5.74, 6) is 0.107.